The van der Waals surface area contributed by atoms with E-state index in [4.69, 9.17) is 5.10 Å². The summed E-state index contributed by atoms with van der Waals surface area (Å²) in [5.41, 5.74) is 6.87. The Morgan fingerprint density at radius 2 is 1.31 bits per heavy atom. The number of aromatic nitrogens is 2. The highest BCUT2D eigenvalue weighted by atomic mass is 15.2. The molecule has 5 rings (SSSR count). The third-order valence-corrected chi connectivity index (χ3v) is 4.98. The molecule has 0 saturated heterocycles. The lowest BCUT2D eigenvalue weighted by molar-refractivity contribution is 0.979. The Bertz CT molecular complexity index is 1220. The summed E-state index contributed by atoms with van der Waals surface area (Å²) in [6.07, 6.45) is 0. The van der Waals surface area contributed by atoms with Crippen LogP contribution in [0, 0.1) is 6.92 Å². The van der Waals surface area contributed by atoms with Crippen LogP contribution >= 0.6 is 0 Å². The number of pyridine rings is 1. The summed E-state index contributed by atoms with van der Waals surface area (Å²) in [6, 6.07) is 31.7. The number of aryl methyl sites for hydroxylation is 1. The average Bonchev–Trinajstić information content (AvgIpc) is 3.06. The van der Waals surface area contributed by atoms with Crippen LogP contribution in [0.25, 0.3) is 38.8 Å². The molecule has 0 N–H and O–H groups in total. The van der Waals surface area contributed by atoms with E-state index in [1.807, 2.05) is 12.1 Å². The summed E-state index contributed by atoms with van der Waals surface area (Å²) in [5, 5.41) is 7.50. The number of hydrogen-bond donors (Lipinski definition) is 0. The molecule has 0 radical (unpaired) electrons. The van der Waals surface area contributed by atoms with Crippen LogP contribution in [0.15, 0.2) is 91.0 Å². The number of hydrogen-bond acceptors (Lipinski definition) is 1. The quantitative estimate of drug-likeness (QED) is 0.379. The van der Waals surface area contributed by atoms with E-state index < -0.39 is 0 Å². The summed E-state index contributed by atoms with van der Waals surface area (Å²) in [6.45, 7) is 2.17. The van der Waals surface area contributed by atoms with Crippen LogP contribution in [0.1, 0.15) is 5.56 Å². The third kappa shape index (κ3) is 2.23. The maximum atomic E-state index is 5.03. The molecule has 26 heavy (non-hydrogen) atoms. The molecule has 0 saturated carbocycles. The van der Waals surface area contributed by atoms with E-state index in [-0.39, 0.29) is 0 Å². The van der Waals surface area contributed by atoms with Gasteiger partial charge in [0, 0.05) is 22.1 Å². The highest BCUT2D eigenvalue weighted by molar-refractivity contribution is 6.01. The number of nitrogens with zero attached hydrogens (tertiary/aromatic N) is 2. The highest BCUT2D eigenvalue weighted by Gasteiger charge is 2.16. The van der Waals surface area contributed by atoms with E-state index >= 15 is 0 Å². The van der Waals surface area contributed by atoms with Gasteiger partial charge in [0.2, 0.25) is 0 Å². The summed E-state index contributed by atoms with van der Waals surface area (Å²) < 4.78 is 2.11. The van der Waals surface area contributed by atoms with Gasteiger partial charge >= 0.3 is 0 Å². The van der Waals surface area contributed by atoms with E-state index in [1.54, 1.807) is 0 Å². The van der Waals surface area contributed by atoms with Crippen molar-refractivity contribution in [2.75, 3.05) is 0 Å². The van der Waals surface area contributed by atoms with Crippen LogP contribution < -0.4 is 0 Å². The number of benzene rings is 3. The largest absolute Gasteiger partial charge is 0.232 e. The third-order valence-electron chi connectivity index (χ3n) is 4.98. The molecular formula is C24H18N2. The molecule has 0 bridgehead atoms. The summed E-state index contributed by atoms with van der Waals surface area (Å²) in [4.78, 5) is 0. The minimum atomic E-state index is 1.04. The molecule has 0 amide bonds. The zero-order chi connectivity index (χ0) is 17.5. The van der Waals surface area contributed by atoms with E-state index in [1.165, 1.54) is 27.4 Å². The van der Waals surface area contributed by atoms with Crippen LogP contribution in [0.5, 0.6) is 0 Å². The summed E-state index contributed by atoms with van der Waals surface area (Å²) >= 11 is 0. The maximum absolute atomic E-state index is 5.03. The van der Waals surface area contributed by atoms with Gasteiger partial charge in [-0.15, -0.1) is 0 Å². The van der Waals surface area contributed by atoms with Crippen LogP contribution in [0.4, 0.5) is 0 Å². The first-order valence-corrected chi connectivity index (χ1v) is 8.85. The standard InChI is InChI=1S/C24H18N2/c1-17-23(19-12-6-3-7-13-19)25-26-22(18-10-4-2-5-11-18)16-20-14-8-9-15-21(20)24(17)26/h2-16H,1H3. The second kappa shape index (κ2) is 5.85. The Labute approximate surface area is 152 Å². The Morgan fingerprint density at radius 1 is 0.692 bits per heavy atom. The molecule has 0 spiro atoms. The van der Waals surface area contributed by atoms with Gasteiger partial charge in [0.15, 0.2) is 0 Å². The van der Waals surface area contributed by atoms with Crippen LogP contribution in [-0.2, 0) is 0 Å². The van der Waals surface area contributed by atoms with E-state index in [9.17, 15) is 0 Å². The van der Waals surface area contributed by atoms with E-state index in [2.05, 4.69) is 90.3 Å². The van der Waals surface area contributed by atoms with Crippen molar-refractivity contribution in [3.8, 4) is 22.5 Å². The van der Waals surface area contributed by atoms with Crippen molar-refractivity contribution in [3.63, 3.8) is 0 Å². The van der Waals surface area contributed by atoms with Crippen molar-refractivity contribution in [3.05, 3.63) is 96.6 Å². The van der Waals surface area contributed by atoms with Gasteiger partial charge in [-0.2, -0.15) is 5.10 Å². The van der Waals surface area contributed by atoms with Crippen LogP contribution in [0.3, 0.4) is 0 Å². The van der Waals surface area contributed by atoms with Gasteiger partial charge in [0.05, 0.1) is 16.9 Å². The fraction of sp³-hybridized carbons (Fsp3) is 0.0417. The molecule has 0 aliphatic carbocycles. The fourth-order valence-electron chi connectivity index (χ4n) is 3.72. The van der Waals surface area contributed by atoms with Gasteiger partial charge in [-0.1, -0.05) is 84.9 Å². The van der Waals surface area contributed by atoms with Crippen molar-refractivity contribution in [2.24, 2.45) is 0 Å². The van der Waals surface area contributed by atoms with Crippen molar-refractivity contribution in [2.45, 2.75) is 6.92 Å². The molecule has 0 aliphatic rings. The molecule has 3 aromatic carbocycles. The Kier molecular flexibility index (Phi) is 3.36. The van der Waals surface area contributed by atoms with E-state index in [0.29, 0.717) is 0 Å². The average molecular weight is 334 g/mol. The Hall–Kier alpha value is -3.39. The molecular weight excluding hydrogens is 316 g/mol. The van der Waals surface area contributed by atoms with Gasteiger partial charge in [-0.3, -0.25) is 0 Å². The first-order chi connectivity index (χ1) is 12.8. The minimum absolute atomic E-state index is 1.04. The molecule has 0 unspecified atom stereocenters. The second-order valence-electron chi connectivity index (χ2n) is 6.58. The van der Waals surface area contributed by atoms with Gasteiger partial charge in [-0.25, -0.2) is 4.52 Å². The predicted molar refractivity (Wildman–Crippen MR) is 108 cm³/mol. The molecule has 0 atom stereocenters. The molecule has 2 nitrogen and oxygen atoms in total. The molecule has 2 aromatic heterocycles. The lowest BCUT2D eigenvalue weighted by Crippen LogP contribution is -1.95. The normalized spacial score (nSPS) is 11.3. The molecule has 0 aliphatic heterocycles. The first kappa shape index (κ1) is 14.9. The second-order valence-corrected chi connectivity index (χ2v) is 6.58. The zero-order valence-corrected chi connectivity index (χ0v) is 14.6. The summed E-state index contributed by atoms with van der Waals surface area (Å²) in [7, 11) is 0. The SMILES string of the molecule is Cc1c(-c2ccccc2)nn2c(-c3ccccc3)cc3ccccc3c12. The van der Waals surface area contributed by atoms with Gasteiger partial charge in [0.1, 0.15) is 0 Å². The molecule has 5 aromatic rings. The first-order valence-electron chi connectivity index (χ1n) is 8.85. The fourth-order valence-corrected chi connectivity index (χ4v) is 3.72. The minimum Gasteiger partial charge on any atom is -0.232 e. The topological polar surface area (TPSA) is 17.3 Å². The Balaban J connectivity index is 1.93. The smallest absolute Gasteiger partial charge is 0.0963 e. The van der Waals surface area contributed by atoms with Gasteiger partial charge in [0.25, 0.3) is 0 Å². The van der Waals surface area contributed by atoms with Crippen molar-refractivity contribution in [1.29, 1.82) is 0 Å². The van der Waals surface area contributed by atoms with Crippen LogP contribution in [-0.4, -0.2) is 9.61 Å². The van der Waals surface area contributed by atoms with Crippen molar-refractivity contribution in [1.82, 2.24) is 9.61 Å². The Morgan fingerprint density at radius 3 is 2.04 bits per heavy atom. The van der Waals surface area contributed by atoms with Crippen molar-refractivity contribution >= 4 is 16.3 Å². The predicted octanol–water partition coefficient (Wildman–Crippen LogP) is 6.13. The maximum Gasteiger partial charge on any atom is 0.0963 e. The molecule has 2 heteroatoms. The van der Waals surface area contributed by atoms with Gasteiger partial charge < -0.3 is 0 Å². The van der Waals surface area contributed by atoms with E-state index in [0.717, 1.165) is 17.0 Å². The monoisotopic (exact) mass is 334 g/mol. The summed E-state index contributed by atoms with van der Waals surface area (Å²) in [5.74, 6) is 0. The zero-order valence-electron chi connectivity index (χ0n) is 14.6. The lowest BCUT2D eigenvalue weighted by Gasteiger charge is -2.09. The lowest BCUT2D eigenvalue weighted by atomic mass is 10.0. The molecule has 0 fully saturated rings. The number of fused-ring (bicyclic) bond motifs is 3. The number of rotatable bonds is 2. The molecule has 124 valence electrons. The van der Waals surface area contributed by atoms with Crippen molar-refractivity contribution < 1.29 is 0 Å². The van der Waals surface area contributed by atoms with Crippen LogP contribution in [0.2, 0.25) is 0 Å². The van der Waals surface area contributed by atoms with Gasteiger partial charge in [-0.05, 0) is 18.4 Å². The highest BCUT2D eigenvalue weighted by Crippen LogP contribution is 2.34. The molecule has 2 heterocycles.